The Kier molecular flexibility index (Phi) is 7.10. The van der Waals surface area contributed by atoms with Crippen LogP contribution >= 0.6 is 11.6 Å². The number of amides is 3. The molecular weight excluding hydrogens is 430 g/mol. The van der Waals surface area contributed by atoms with E-state index in [0.29, 0.717) is 27.8 Å². The monoisotopic (exact) mass is 455 g/mol. The molecule has 0 unspecified atom stereocenters. The number of benzene rings is 2. The summed E-state index contributed by atoms with van der Waals surface area (Å²) in [6.45, 7) is 11.8. The summed E-state index contributed by atoms with van der Waals surface area (Å²) in [5.41, 5.74) is 3.56. The van der Waals surface area contributed by atoms with Crippen LogP contribution in [0.1, 0.15) is 22.7 Å². The molecule has 8 heteroatoms. The molecule has 1 aliphatic rings. The highest BCUT2D eigenvalue weighted by atomic mass is 35.5. The van der Waals surface area contributed by atoms with Crippen molar-refractivity contribution in [1.29, 1.82) is 0 Å². The van der Waals surface area contributed by atoms with Crippen molar-refractivity contribution in [3.8, 4) is 11.5 Å². The Labute approximate surface area is 192 Å². The van der Waals surface area contributed by atoms with Crippen molar-refractivity contribution in [3.63, 3.8) is 0 Å². The van der Waals surface area contributed by atoms with Gasteiger partial charge in [0.15, 0.2) is 11.5 Å². The number of rotatable bonds is 7. The van der Waals surface area contributed by atoms with Gasteiger partial charge in [0, 0.05) is 28.0 Å². The lowest BCUT2D eigenvalue weighted by atomic mass is 9.87. The third-order valence-corrected chi connectivity index (χ3v) is 5.49. The molecule has 0 bridgehead atoms. The van der Waals surface area contributed by atoms with E-state index < -0.39 is 18.0 Å². The minimum Gasteiger partial charge on any atom is -0.493 e. The number of carbonyl (C=O) groups is 2. The number of carbonyl (C=O) groups excluding carboxylic acids is 2. The van der Waals surface area contributed by atoms with Crippen LogP contribution in [0.25, 0.3) is 0 Å². The van der Waals surface area contributed by atoms with Crippen LogP contribution in [0, 0.1) is 19.8 Å². The number of hydrogen-bond donors (Lipinski definition) is 3. The number of aryl methyl sites for hydroxylation is 2. The van der Waals surface area contributed by atoms with E-state index in [9.17, 15) is 9.59 Å². The first-order chi connectivity index (χ1) is 15.2. The molecule has 1 fully saturated rings. The Bertz CT molecular complexity index is 1080. The third kappa shape index (κ3) is 4.89. The largest absolute Gasteiger partial charge is 0.493 e. The second-order valence-electron chi connectivity index (χ2n) is 7.49. The average Bonchev–Trinajstić information content (AvgIpc) is 2.74. The van der Waals surface area contributed by atoms with E-state index in [1.54, 1.807) is 18.2 Å². The number of hydrogen-bond acceptors (Lipinski definition) is 4. The number of ether oxygens (including phenoxy) is 2. The molecule has 0 aromatic heterocycles. The van der Waals surface area contributed by atoms with Gasteiger partial charge in [-0.05, 0) is 43.2 Å². The minimum absolute atomic E-state index is 0.199. The number of anilines is 1. The van der Waals surface area contributed by atoms with Crippen LogP contribution in [-0.4, -0.2) is 25.7 Å². The molecular formula is C24H26ClN3O4. The standard InChI is InChI=1S/C24H26ClN3O4/c1-6-9-32-22-18(11-16(25)12-19(22)31-5)21-20(15(4)26-24(30)28-21)23(29)27-17-8-7-13(2)14(3)10-17/h6-8,10-12,20-21H,1,4,9H2,2-3,5H3,(H,27,29)(H2,26,28,30)/t20-,21+/m0/s1. The van der Waals surface area contributed by atoms with Crippen molar-refractivity contribution in [2.24, 2.45) is 5.92 Å². The van der Waals surface area contributed by atoms with Gasteiger partial charge in [0.2, 0.25) is 5.91 Å². The zero-order valence-electron chi connectivity index (χ0n) is 18.3. The van der Waals surface area contributed by atoms with Crippen LogP contribution in [0.2, 0.25) is 5.02 Å². The predicted octanol–water partition coefficient (Wildman–Crippen LogP) is 4.65. The van der Waals surface area contributed by atoms with Crippen LogP contribution in [0.15, 0.2) is 55.3 Å². The first kappa shape index (κ1) is 23.2. The zero-order chi connectivity index (χ0) is 23.4. The van der Waals surface area contributed by atoms with Gasteiger partial charge in [0.1, 0.15) is 12.5 Å². The van der Waals surface area contributed by atoms with Crippen LogP contribution in [0.4, 0.5) is 10.5 Å². The fourth-order valence-corrected chi connectivity index (χ4v) is 3.78. The summed E-state index contributed by atoms with van der Waals surface area (Å²) in [4.78, 5) is 25.6. The van der Waals surface area contributed by atoms with Crippen molar-refractivity contribution in [2.75, 3.05) is 19.0 Å². The highest BCUT2D eigenvalue weighted by molar-refractivity contribution is 6.30. The summed E-state index contributed by atoms with van der Waals surface area (Å²) in [6.07, 6.45) is 1.59. The van der Waals surface area contributed by atoms with E-state index in [1.807, 2.05) is 32.0 Å². The van der Waals surface area contributed by atoms with E-state index in [4.69, 9.17) is 21.1 Å². The molecule has 1 aliphatic heterocycles. The molecule has 2 atom stereocenters. The molecule has 2 aromatic carbocycles. The summed E-state index contributed by atoms with van der Waals surface area (Å²) in [7, 11) is 1.49. The SMILES string of the molecule is C=CCOc1c(OC)cc(Cl)cc1[C@H]1NC(=O)NC(=C)[C@@H]1C(=O)Nc1ccc(C)c(C)c1. The normalized spacial score (nSPS) is 17.8. The molecule has 0 spiro atoms. The molecule has 32 heavy (non-hydrogen) atoms. The number of nitrogens with one attached hydrogen (secondary N) is 3. The molecule has 0 aliphatic carbocycles. The third-order valence-electron chi connectivity index (χ3n) is 5.28. The van der Waals surface area contributed by atoms with E-state index in [2.05, 4.69) is 29.1 Å². The lowest BCUT2D eigenvalue weighted by Gasteiger charge is -2.35. The van der Waals surface area contributed by atoms with Gasteiger partial charge >= 0.3 is 6.03 Å². The van der Waals surface area contributed by atoms with Crippen molar-refractivity contribution in [3.05, 3.63) is 77.0 Å². The molecule has 0 saturated carbocycles. The number of urea groups is 1. The molecule has 3 rings (SSSR count). The van der Waals surface area contributed by atoms with Gasteiger partial charge in [-0.3, -0.25) is 4.79 Å². The molecule has 1 heterocycles. The van der Waals surface area contributed by atoms with Crippen LogP contribution in [0.3, 0.4) is 0 Å². The lowest BCUT2D eigenvalue weighted by molar-refractivity contribution is -0.119. The molecule has 3 N–H and O–H groups in total. The Hall–Kier alpha value is -3.45. The summed E-state index contributed by atoms with van der Waals surface area (Å²) in [5, 5.41) is 8.69. The molecule has 3 amide bonds. The fraction of sp³-hybridized carbons (Fsp3) is 0.250. The first-order valence-electron chi connectivity index (χ1n) is 10.0. The maximum Gasteiger partial charge on any atom is 0.319 e. The second kappa shape index (κ2) is 9.78. The highest BCUT2D eigenvalue weighted by Crippen LogP contribution is 2.42. The lowest BCUT2D eigenvalue weighted by Crippen LogP contribution is -2.52. The fourth-order valence-electron chi connectivity index (χ4n) is 3.56. The Morgan fingerprint density at radius 2 is 2.00 bits per heavy atom. The summed E-state index contributed by atoms with van der Waals surface area (Å²) < 4.78 is 11.3. The van der Waals surface area contributed by atoms with Gasteiger partial charge in [0.25, 0.3) is 0 Å². The number of halogens is 1. The van der Waals surface area contributed by atoms with Gasteiger partial charge in [-0.1, -0.05) is 36.9 Å². The summed E-state index contributed by atoms with van der Waals surface area (Å²) in [6, 6.07) is 7.61. The maximum absolute atomic E-state index is 13.3. The van der Waals surface area contributed by atoms with E-state index >= 15 is 0 Å². The quantitative estimate of drug-likeness (QED) is 0.530. The predicted molar refractivity (Wildman–Crippen MR) is 125 cm³/mol. The molecule has 7 nitrogen and oxygen atoms in total. The van der Waals surface area contributed by atoms with Gasteiger partial charge in [0.05, 0.1) is 13.2 Å². The second-order valence-corrected chi connectivity index (χ2v) is 7.93. The van der Waals surface area contributed by atoms with Crippen LogP contribution in [0.5, 0.6) is 11.5 Å². The summed E-state index contributed by atoms with van der Waals surface area (Å²) in [5.74, 6) is -0.449. The molecule has 0 radical (unpaired) electrons. The Morgan fingerprint density at radius 3 is 2.66 bits per heavy atom. The maximum atomic E-state index is 13.3. The van der Waals surface area contributed by atoms with Gasteiger partial charge in [-0.2, -0.15) is 0 Å². The smallest absolute Gasteiger partial charge is 0.319 e. The highest BCUT2D eigenvalue weighted by Gasteiger charge is 2.40. The Morgan fingerprint density at radius 1 is 1.25 bits per heavy atom. The molecule has 1 saturated heterocycles. The zero-order valence-corrected chi connectivity index (χ0v) is 19.0. The van der Waals surface area contributed by atoms with Crippen molar-refractivity contribution in [1.82, 2.24) is 10.6 Å². The average molecular weight is 456 g/mol. The van der Waals surface area contributed by atoms with Crippen molar-refractivity contribution in [2.45, 2.75) is 19.9 Å². The van der Waals surface area contributed by atoms with Crippen LogP contribution < -0.4 is 25.4 Å². The number of methoxy groups -OCH3 is 1. The van der Waals surface area contributed by atoms with E-state index in [1.165, 1.54) is 7.11 Å². The van der Waals surface area contributed by atoms with Crippen LogP contribution in [-0.2, 0) is 4.79 Å². The Balaban J connectivity index is 2.04. The van der Waals surface area contributed by atoms with E-state index in [0.717, 1.165) is 11.1 Å². The minimum atomic E-state index is -0.844. The topological polar surface area (TPSA) is 88.7 Å². The van der Waals surface area contributed by atoms with Crippen molar-refractivity contribution < 1.29 is 19.1 Å². The molecule has 2 aromatic rings. The van der Waals surface area contributed by atoms with E-state index in [-0.39, 0.29) is 18.2 Å². The van der Waals surface area contributed by atoms with Gasteiger partial charge in [-0.25, -0.2) is 4.79 Å². The van der Waals surface area contributed by atoms with Gasteiger partial charge < -0.3 is 25.4 Å². The summed E-state index contributed by atoms with van der Waals surface area (Å²) >= 11 is 6.31. The van der Waals surface area contributed by atoms with Gasteiger partial charge in [-0.15, -0.1) is 0 Å². The van der Waals surface area contributed by atoms with Crippen molar-refractivity contribution >= 4 is 29.2 Å². The molecule has 168 valence electrons. The first-order valence-corrected chi connectivity index (χ1v) is 10.4.